The number of Topliss-reactive ketones (excluding diaryl/α,β-unsaturated/α-hetero) is 1. The van der Waals surface area contributed by atoms with Gasteiger partial charge in [-0.05, 0) is 13.8 Å². The fraction of sp³-hybridized carbons (Fsp3) is 0.857. The first-order valence-corrected chi connectivity index (χ1v) is 3.44. The van der Waals surface area contributed by atoms with E-state index in [0.29, 0.717) is 0 Å². The maximum atomic E-state index is 11.3. The molecule has 0 heterocycles. The van der Waals surface area contributed by atoms with E-state index >= 15 is 0 Å². The van der Waals surface area contributed by atoms with Crippen LogP contribution in [0.1, 0.15) is 27.7 Å². The van der Waals surface area contributed by atoms with E-state index < -0.39 is 5.54 Å². The van der Waals surface area contributed by atoms with Crippen LogP contribution < -0.4 is 11.3 Å². The third-order valence-electron chi connectivity index (χ3n) is 1.50. The van der Waals surface area contributed by atoms with Crippen molar-refractivity contribution in [1.82, 2.24) is 5.43 Å². The summed E-state index contributed by atoms with van der Waals surface area (Å²) in [6.45, 7) is 7.27. The molecule has 3 heteroatoms. The van der Waals surface area contributed by atoms with Crippen molar-refractivity contribution in [2.45, 2.75) is 33.2 Å². The molecule has 0 bridgehead atoms. The van der Waals surface area contributed by atoms with Gasteiger partial charge < -0.3 is 0 Å². The van der Waals surface area contributed by atoms with E-state index in [1.807, 2.05) is 13.8 Å². The minimum absolute atomic E-state index is 0.0334. The quantitative estimate of drug-likeness (QED) is 0.447. The van der Waals surface area contributed by atoms with E-state index in [4.69, 9.17) is 5.84 Å². The second-order valence-corrected chi connectivity index (χ2v) is 3.29. The molecule has 0 unspecified atom stereocenters. The third-order valence-corrected chi connectivity index (χ3v) is 1.50. The van der Waals surface area contributed by atoms with E-state index in [2.05, 4.69) is 5.43 Å². The monoisotopic (exact) mass is 144 g/mol. The van der Waals surface area contributed by atoms with E-state index in [1.165, 1.54) is 0 Å². The highest BCUT2D eigenvalue weighted by atomic mass is 16.1. The lowest BCUT2D eigenvalue weighted by Crippen LogP contribution is -2.52. The molecule has 0 aliphatic heterocycles. The predicted octanol–water partition coefficient (Wildman–Crippen LogP) is 0.453. The van der Waals surface area contributed by atoms with Gasteiger partial charge in [-0.15, -0.1) is 0 Å². The summed E-state index contributed by atoms with van der Waals surface area (Å²) in [6, 6.07) is 0. The molecule has 0 rings (SSSR count). The number of hydrogen-bond acceptors (Lipinski definition) is 3. The first kappa shape index (κ1) is 9.59. The van der Waals surface area contributed by atoms with Gasteiger partial charge in [0, 0.05) is 5.92 Å². The standard InChI is InChI=1S/C7H16N2O/c1-5(2)6(10)7(3,4)9-8/h5,9H,8H2,1-4H3. The minimum Gasteiger partial charge on any atom is -0.297 e. The fourth-order valence-electron chi connectivity index (χ4n) is 0.793. The molecule has 0 saturated heterocycles. The Morgan fingerprint density at radius 1 is 1.50 bits per heavy atom. The summed E-state index contributed by atoms with van der Waals surface area (Å²) >= 11 is 0. The number of carbonyl (C=O) groups is 1. The molecule has 0 aromatic rings. The summed E-state index contributed by atoms with van der Waals surface area (Å²) in [4.78, 5) is 11.3. The summed E-state index contributed by atoms with van der Waals surface area (Å²) in [5.74, 6) is 5.34. The number of rotatable bonds is 3. The number of nitrogens with one attached hydrogen (secondary N) is 1. The second-order valence-electron chi connectivity index (χ2n) is 3.29. The SMILES string of the molecule is CC(C)C(=O)C(C)(C)NN. The molecule has 60 valence electrons. The van der Waals surface area contributed by atoms with Gasteiger partial charge in [-0.1, -0.05) is 13.8 Å². The highest BCUT2D eigenvalue weighted by Crippen LogP contribution is 2.09. The van der Waals surface area contributed by atoms with E-state index in [-0.39, 0.29) is 11.7 Å². The van der Waals surface area contributed by atoms with E-state index in [1.54, 1.807) is 13.8 Å². The highest BCUT2D eigenvalue weighted by Gasteiger charge is 2.27. The molecule has 0 aromatic carbocycles. The van der Waals surface area contributed by atoms with Crippen molar-refractivity contribution >= 4 is 5.78 Å². The number of hydrazine groups is 1. The van der Waals surface area contributed by atoms with Crippen molar-refractivity contribution in [2.75, 3.05) is 0 Å². The summed E-state index contributed by atoms with van der Waals surface area (Å²) in [5.41, 5.74) is 1.88. The van der Waals surface area contributed by atoms with Crippen LogP contribution in [0.15, 0.2) is 0 Å². The van der Waals surface area contributed by atoms with Gasteiger partial charge in [0.1, 0.15) is 0 Å². The maximum Gasteiger partial charge on any atom is 0.156 e. The van der Waals surface area contributed by atoms with Gasteiger partial charge in [-0.2, -0.15) is 0 Å². The summed E-state index contributed by atoms with van der Waals surface area (Å²) in [7, 11) is 0. The maximum absolute atomic E-state index is 11.3. The topological polar surface area (TPSA) is 55.1 Å². The summed E-state index contributed by atoms with van der Waals surface area (Å²) in [5, 5.41) is 0. The van der Waals surface area contributed by atoms with Crippen LogP contribution in [0.5, 0.6) is 0 Å². The Bertz CT molecular complexity index is 130. The average molecular weight is 144 g/mol. The van der Waals surface area contributed by atoms with Crippen LogP contribution >= 0.6 is 0 Å². The molecular weight excluding hydrogens is 128 g/mol. The number of hydrogen-bond donors (Lipinski definition) is 2. The van der Waals surface area contributed by atoms with E-state index in [0.717, 1.165) is 0 Å². The van der Waals surface area contributed by atoms with Gasteiger partial charge in [-0.3, -0.25) is 10.6 Å². The second kappa shape index (κ2) is 3.12. The van der Waals surface area contributed by atoms with Crippen LogP contribution in [0.2, 0.25) is 0 Å². The largest absolute Gasteiger partial charge is 0.297 e. The zero-order valence-electron chi connectivity index (χ0n) is 7.06. The van der Waals surface area contributed by atoms with Crippen LogP contribution in [0.25, 0.3) is 0 Å². The van der Waals surface area contributed by atoms with Gasteiger partial charge in [-0.25, -0.2) is 5.43 Å². The molecule has 3 nitrogen and oxygen atoms in total. The van der Waals surface area contributed by atoms with Crippen molar-refractivity contribution in [3.63, 3.8) is 0 Å². The third kappa shape index (κ3) is 2.08. The fourth-order valence-corrected chi connectivity index (χ4v) is 0.793. The Balaban J connectivity index is 4.19. The van der Waals surface area contributed by atoms with Crippen LogP contribution in [0.4, 0.5) is 0 Å². The number of nitrogens with two attached hydrogens (primary N) is 1. The Labute approximate surface area is 62.0 Å². The smallest absolute Gasteiger partial charge is 0.156 e. The zero-order valence-corrected chi connectivity index (χ0v) is 7.06. The Morgan fingerprint density at radius 2 is 1.90 bits per heavy atom. The number of ketones is 1. The molecule has 0 saturated carbocycles. The van der Waals surface area contributed by atoms with Gasteiger partial charge in [0.05, 0.1) is 5.54 Å². The lowest BCUT2D eigenvalue weighted by molar-refractivity contribution is -0.127. The van der Waals surface area contributed by atoms with E-state index in [9.17, 15) is 4.79 Å². The Kier molecular flexibility index (Phi) is 2.99. The first-order valence-electron chi connectivity index (χ1n) is 3.44. The molecule has 0 aliphatic carbocycles. The van der Waals surface area contributed by atoms with Crippen molar-refractivity contribution in [2.24, 2.45) is 11.8 Å². The molecule has 0 radical (unpaired) electrons. The van der Waals surface area contributed by atoms with Crippen LogP contribution in [0.3, 0.4) is 0 Å². The molecule has 0 fully saturated rings. The zero-order chi connectivity index (χ0) is 8.36. The van der Waals surface area contributed by atoms with Crippen LogP contribution in [-0.4, -0.2) is 11.3 Å². The van der Waals surface area contributed by atoms with Gasteiger partial charge in [0.2, 0.25) is 0 Å². The molecule has 0 atom stereocenters. The lowest BCUT2D eigenvalue weighted by Gasteiger charge is -2.23. The van der Waals surface area contributed by atoms with Gasteiger partial charge >= 0.3 is 0 Å². The van der Waals surface area contributed by atoms with Crippen LogP contribution in [-0.2, 0) is 4.79 Å². The van der Waals surface area contributed by atoms with Crippen LogP contribution in [0, 0.1) is 5.92 Å². The highest BCUT2D eigenvalue weighted by molar-refractivity contribution is 5.88. The Morgan fingerprint density at radius 3 is 2.00 bits per heavy atom. The molecule has 3 N–H and O–H groups in total. The molecule has 0 aliphatic rings. The van der Waals surface area contributed by atoms with Crippen molar-refractivity contribution in [3.8, 4) is 0 Å². The van der Waals surface area contributed by atoms with Crippen molar-refractivity contribution in [1.29, 1.82) is 0 Å². The molecule has 0 aromatic heterocycles. The molecule has 10 heavy (non-hydrogen) atoms. The predicted molar refractivity (Wildman–Crippen MR) is 41.2 cm³/mol. The van der Waals surface area contributed by atoms with Gasteiger partial charge in [0.25, 0.3) is 0 Å². The van der Waals surface area contributed by atoms with Gasteiger partial charge in [0.15, 0.2) is 5.78 Å². The summed E-state index contributed by atoms with van der Waals surface area (Å²) < 4.78 is 0. The summed E-state index contributed by atoms with van der Waals surface area (Å²) in [6.07, 6.45) is 0. The molecule has 0 amide bonds. The lowest BCUT2D eigenvalue weighted by atomic mass is 9.92. The van der Waals surface area contributed by atoms with Crippen molar-refractivity contribution < 1.29 is 4.79 Å². The minimum atomic E-state index is -0.589. The van der Waals surface area contributed by atoms with Crippen molar-refractivity contribution in [3.05, 3.63) is 0 Å². The first-order chi connectivity index (χ1) is 4.41. The normalized spacial score (nSPS) is 12.2. The number of carbonyl (C=O) groups excluding carboxylic acids is 1. The molecule has 0 spiro atoms. The Hall–Kier alpha value is -0.410. The average Bonchev–Trinajstić information content (AvgIpc) is 1.86. The molecular formula is C7H16N2O.